The van der Waals surface area contributed by atoms with Crippen molar-refractivity contribution in [3.63, 3.8) is 0 Å². The van der Waals surface area contributed by atoms with Crippen LogP contribution < -0.4 is 44.4 Å². The van der Waals surface area contributed by atoms with E-state index in [2.05, 4.69) is 29.1 Å². The lowest BCUT2D eigenvalue weighted by Gasteiger charge is -2.15. The van der Waals surface area contributed by atoms with Gasteiger partial charge in [-0.1, -0.05) is 20.8 Å². The number of methoxy groups -OCH3 is 6. The summed E-state index contributed by atoms with van der Waals surface area (Å²) in [6, 6.07) is 15.8. The number of hydrogen-bond acceptors (Lipinski definition) is 21. The number of ether oxygens (including phenoxy) is 6. The van der Waals surface area contributed by atoms with Crippen LogP contribution in [0.5, 0.6) is 34.5 Å². The average Bonchev–Trinajstić information content (AvgIpc) is 4.11. The first-order chi connectivity index (χ1) is 32.6. The molecule has 3 aromatic heterocycles. The standard InChI is InChI=1S/3C15H18N2O4S.Al/c3*1-4-7-16-13-12(17-22-14(13)15(18)19)9-5-6-10(20-2)11(8-9)21-3;/h3*5-6,8,16H,4,7H2,1-3H3,(H,18,19);/q;;;+3/p-3. The van der Waals surface area contributed by atoms with Gasteiger partial charge in [0.25, 0.3) is 0 Å². The maximum absolute atomic E-state index is 14.4. The van der Waals surface area contributed by atoms with Crippen LogP contribution in [0, 0.1) is 0 Å². The third-order valence-electron chi connectivity index (χ3n) is 9.87. The monoisotopic (exact) mass is 990 g/mol. The van der Waals surface area contributed by atoms with E-state index in [4.69, 9.17) is 39.8 Å². The molecule has 6 rings (SSSR count). The summed E-state index contributed by atoms with van der Waals surface area (Å²) in [6.45, 7) is 7.36. The summed E-state index contributed by atoms with van der Waals surface area (Å²) in [6.07, 6.45) is 2.14. The molecule has 354 valence electrons. The number of benzene rings is 3. The Bertz CT molecular complexity index is 2390. The third kappa shape index (κ3) is 11.5. The van der Waals surface area contributed by atoms with Gasteiger partial charge in [0.05, 0.1) is 59.7 Å². The van der Waals surface area contributed by atoms with Gasteiger partial charge in [0.15, 0.2) is 49.1 Å². The number of carbonyl (C=O) groups is 3. The number of rotatable bonds is 24. The van der Waals surface area contributed by atoms with Gasteiger partial charge in [0.2, 0.25) is 0 Å². The SMILES string of the molecule is CCCNc1c(-c2ccc(OC)c(OC)c2)nsc1C(=O)[O][Al]([O]C(=O)c1snc(-c2ccc(OC)c(OC)c2)c1NCCC)[O]C(=O)c1snc(-c2ccc(OC)c(OC)c2)c1NCCC. The molecule has 0 fully saturated rings. The van der Waals surface area contributed by atoms with Gasteiger partial charge in [-0.15, -0.1) is 0 Å². The van der Waals surface area contributed by atoms with E-state index in [9.17, 15) is 14.4 Å². The van der Waals surface area contributed by atoms with Gasteiger partial charge in [0.1, 0.15) is 17.1 Å². The van der Waals surface area contributed by atoms with E-state index in [1.54, 1.807) is 54.6 Å². The highest BCUT2D eigenvalue weighted by molar-refractivity contribution is 7.10. The first-order valence-corrected chi connectivity index (χ1v) is 24.8. The van der Waals surface area contributed by atoms with Crippen molar-refractivity contribution in [1.29, 1.82) is 0 Å². The number of nitrogens with zero attached hydrogens (tertiary/aromatic N) is 3. The van der Waals surface area contributed by atoms with Gasteiger partial charge in [-0.3, -0.25) is 0 Å². The van der Waals surface area contributed by atoms with Crippen LogP contribution in [0.4, 0.5) is 17.1 Å². The second-order valence-corrected chi connectivity index (χ2v) is 17.8. The van der Waals surface area contributed by atoms with Gasteiger partial charge in [0, 0.05) is 36.3 Å². The molecule has 0 unspecified atom stereocenters. The molecule has 22 heteroatoms. The van der Waals surface area contributed by atoms with Crippen molar-refractivity contribution in [3.8, 4) is 68.3 Å². The van der Waals surface area contributed by atoms with Crippen molar-refractivity contribution in [2.24, 2.45) is 0 Å². The lowest BCUT2D eigenvalue weighted by atomic mass is 10.1. The Labute approximate surface area is 405 Å². The molecule has 0 aliphatic carbocycles. The summed E-state index contributed by atoms with van der Waals surface area (Å²) in [4.78, 5) is 43.3. The van der Waals surface area contributed by atoms with E-state index in [1.807, 2.05) is 20.8 Å². The van der Waals surface area contributed by atoms with Gasteiger partial charge in [-0.2, -0.15) is 13.1 Å². The Morgan fingerprint density at radius 3 is 0.955 bits per heavy atom. The molecule has 18 nitrogen and oxygen atoms in total. The van der Waals surface area contributed by atoms with E-state index < -0.39 is 33.1 Å². The molecule has 0 spiro atoms. The average molecular weight is 991 g/mol. The fourth-order valence-electron chi connectivity index (χ4n) is 6.57. The lowest BCUT2D eigenvalue weighted by molar-refractivity contribution is 0.0418. The van der Waals surface area contributed by atoms with Crippen molar-refractivity contribution in [2.75, 3.05) is 78.2 Å². The molecular weight excluding hydrogens is 940 g/mol. The Kier molecular flexibility index (Phi) is 17.9. The molecule has 0 amide bonds. The molecule has 0 aliphatic rings. The predicted octanol–water partition coefficient (Wildman–Crippen LogP) is 9.43. The smallest absolute Gasteiger partial charge is 0.546 e. The Hall–Kier alpha value is -6.31. The Balaban J connectivity index is 1.40. The highest BCUT2D eigenvalue weighted by atomic mass is 32.1. The number of hydrogen-bond donors (Lipinski definition) is 3. The summed E-state index contributed by atoms with van der Waals surface area (Å²) in [7, 11) is 9.16. The van der Waals surface area contributed by atoms with E-state index in [-0.39, 0.29) is 14.6 Å². The Morgan fingerprint density at radius 1 is 0.448 bits per heavy atom. The lowest BCUT2D eigenvalue weighted by Crippen LogP contribution is -2.35. The molecule has 67 heavy (non-hydrogen) atoms. The summed E-state index contributed by atoms with van der Waals surface area (Å²) in [5, 5.41) is 9.89. The second-order valence-electron chi connectivity index (χ2n) is 14.2. The number of aromatic nitrogens is 3. The number of anilines is 3. The molecule has 3 aromatic carbocycles. The number of carbonyl (C=O) groups excluding carboxylic acids is 3. The fraction of sp³-hybridized carbons (Fsp3) is 0.333. The largest absolute Gasteiger partial charge is 1.20 e. The Morgan fingerprint density at radius 2 is 0.716 bits per heavy atom. The van der Waals surface area contributed by atoms with Gasteiger partial charge in [-0.25, -0.2) is 14.4 Å². The molecule has 0 saturated carbocycles. The molecule has 6 aromatic rings. The second kappa shape index (κ2) is 23.9. The highest BCUT2D eigenvalue weighted by Gasteiger charge is 2.51. The van der Waals surface area contributed by atoms with Crippen molar-refractivity contribution < 1.29 is 54.2 Å². The van der Waals surface area contributed by atoms with Crippen LogP contribution in [0.25, 0.3) is 33.8 Å². The minimum absolute atomic E-state index is 0.0560. The molecule has 0 saturated heterocycles. The van der Waals surface area contributed by atoms with Gasteiger partial charge >= 0.3 is 33.1 Å². The normalized spacial score (nSPS) is 10.7. The first-order valence-electron chi connectivity index (χ1n) is 21.1. The topological polar surface area (TPSA) is 209 Å². The highest BCUT2D eigenvalue weighted by Crippen LogP contribution is 2.42. The van der Waals surface area contributed by atoms with Crippen molar-refractivity contribution in [2.45, 2.75) is 40.0 Å². The predicted molar refractivity (Wildman–Crippen MR) is 260 cm³/mol. The van der Waals surface area contributed by atoms with Crippen molar-refractivity contribution >= 4 is 84.7 Å². The minimum Gasteiger partial charge on any atom is -0.546 e. The summed E-state index contributed by atoms with van der Waals surface area (Å²) < 4.78 is 64.7. The summed E-state index contributed by atoms with van der Waals surface area (Å²) in [5.41, 5.74) is 4.32. The van der Waals surface area contributed by atoms with E-state index in [0.717, 1.165) is 34.6 Å². The molecule has 3 N–H and O–H groups in total. The van der Waals surface area contributed by atoms with Crippen LogP contribution in [-0.4, -0.2) is 108 Å². The zero-order chi connectivity index (χ0) is 48.0. The van der Waals surface area contributed by atoms with Crippen molar-refractivity contribution in [3.05, 3.63) is 69.2 Å². The van der Waals surface area contributed by atoms with Gasteiger partial charge < -0.3 is 55.7 Å². The van der Waals surface area contributed by atoms with Crippen LogP contribution in [-0.2, 0) is 11.4 Å². The molecule has 0 atom stereocenters. The fourth-order valence-corrected chi connectivity index (χ4v) is 10.1. The quantitative estimate of drug-likeness (QED) is 0.0482. The van der Waals surface area contributed by atoms with Crippen LogP contribution in [0.1, 0.15) is 69.0 Å². The molecule has 0 bridgehead atoms. The molecular formula is C45H51AlN6O12S3. The zero-order valence-corrected chi connectivity index (χ0v) is 42.1. The van der Waals surface area contributed by atoms with Gasteiger partial charge in [-0.05, 0) is 108 Å². The first kappa shape index (κ1) is 50.1. The van der Waals surface area contributed by atoms with Crippen LogP contribution in [0.2, 0.25) is 0 Å². The minimum atomic E-state index is -4.13. The molecule has 0 radical (unpaired) electrons. The van der Waals surface area contributed by atoms with E-state index in [1.165, 1.54) is 42.7 Å². The molecule has 3 heterocycles. The summed E-state index contributed by atoms with van der Waals surface area (Å²) in [5.74, 6) is 0.114. The maximum Gasteiger partial charge on any atom is 1.20 e. The number of nitrogens with one attached hydrogen (secondary N) is 3. The van der Waals surface area contributed by atoms with Crippen LogP contribution in [0.15, 0.2) is 54.6 Å². The molecule has 0 aliphatic heterocycles. The van der Waals surface area contributed by atoms with Crippen molar-refractivity contribution in [1.82, 2.24) is 13.1 Å². The van der Waals surface area contributed by atoms with Crippen LogP contribution >= 0.6 is 34.6 Å². The van der Waals surface area contributed by atoms with Crippen LogP contribution in [0.3, 0.4) is 0 Å². The maximum atomic E-state index is 14.4. The van der Waals surface area contributed by atoms with E-state index in [0.29, 0.717) is 124 Å². The summed E-state index contributed by atoms with van der Waals surface area (Å²) >= 11 is -1.52. The third-order valence-corrected chi connectivity index (χ3v) is 13.6. The van der Waals surface area contributed by atoms with E-state index >= 15 is 0 Å². The zero-order valence-electron chi connectivity index (χ0n) is 38.5.